The van der Waals surface area contributed by atoms with E-state index >= 15 is 0 Å². The van der Waals surface area contributed by atoms with Crippen LogP contribution in [0.25, 0.3) is 22.4 Å². The molecule has 0 atom stereocenters. The average molecular weight is 436 g/mol. The Balaban J connectivity index is 1.81. The third-order valence-electron chi connectivity index (χ3n) is 4.17. The molecule has 0 aliphatic carbocycles. The van der Waals surface area contributed by atoms with Crippen molar-refractivity contribution >= 4 is 21.9 Å². The fraction of sp³-hybridized carbons (Fsp3) is 0.167. The van der Waals surface area contributed by atoms with E-state index in [9.17, 15) is 13.0 Å². The predicted octanol–water partition coefficient (Wildman–Crippen LogP) is 3.06. The molecule has 0 radical (unpaired) electrons. The highest BCUT2D eigenvalue weighted by atomic mass is 32.3. The summed E-state index contributed by atoms with van der Waals surface area (Å²) in [5, 5.41) is 1.80. The van der Waals surface area contributed by atoms with Crippen LogP contribution in [0.15, 0.2) is 35.7 Å². The Hall–Kier alpha value is -3.02. The lowest BCUT2D eigenvalue weighted by Gasteiger charge is -2.14. The minimum absolute atomic E-state index is 0.0991. The van der Waals surface area contributed by atoms with Crippen LogP contribution in [0.1, 0.15) is 0 Å². The van der Waals surface area contributed by atoms with Crippen LogP contribution in [0.5, 0.6) is 28.7 Å². The van der Waals surface area contributed by atoms with Gasteiger partial charge in [-0.05, 0) is 41.4 Å². The van der Waals surface area contributed by atoms with Gasteiger partial charge in [0.1, 0.15) is 0 Å². The van der Waals surface area contributed by atoms with Gasteiger partial charge in [0, 0.05) is 16.5 Å². The van der Waals surface area contributed by atoms with Gasteiger partial charge >= 0.3 is 0 Å². The van der Waals surface area contributed by atoms with Crippen LogP contribution in [0.3, 0.4) is 0 Å². The zero-order valence-corrected chi connectivity index (χ0v) is 16.8. The third-order valence-corrected chi connectivity index (χ3v) is 5.18. The molecular formula is C18H14NO8S2-. The maximum absolute atomic E-state index is 11.1. The second kappa shape index (κ2) is 7.43. The highest BCUT2D eigenvalue weighted by molar-refractivity contribution is 7.81. The van der Waals surface area contributed by atoms with Gasteiger partial charge in [-0.1, -0.05) is 6.07 Å². The maximum atomic E-state index is 11.1. The number of hydrogen-bond donors (Lipinski definition) is 0. The molecule has 1 aliphatic rings. The van der Waals surface area contributed by atoms with Crippen LogP contribution in [-0.2, 0) is 10.4 Å². The number of hydrogen-bond acceptors (Lipinski definition) is 10. The van der Waals surface area contributed by atoms with Crippen molar-refractivity contribution in [2.75, 3.05) is 21.0 Å². The quantitative estimate of drug-likeness (QED) is 0.424. The Morgan fingerprint density at radius 1 is 1.03 bits per heavy atom. The summed E-state index contributed by atoms with van der Waals surface area (Å²) < 4.78 is 63.5. The summed E-state index contributed by atoms with van der Waals surface area (Å²) >= 11 is 1.22. The average Bonchev–Trinajstić information content (AvgIpc) is 3.35. The van der Waals surface area contributed by atoms with E-state index in [1.807, 2.05) is 0 Å². The molecule has 2 heterocycles. The van der Waals surface area contributed by atoms with Crippen molar-refractivity contribution in [3.8, 4) is 51.1 Å². The summed E-state index contributed by atoms with van der Waals surface area (Å²) in [5.74, 6) is 1.47. The van der Waals surface area contributed by atoms with Gasteiger partial charge in [0.15, 0.2) is 23.0 Å². The second-order valence-corrected chi connectivity index (χ2v) is 7.46. The largest absolute Gasteiger partial charge is 0.716 e. The molecule has 0 spiro atoms. The van der Waals surface area contributed by atoms with E-state index in [4.69, 9.17) is 18.9 Å². The topological polar surface area (TPSA) is 116 Å². The smallest absolute Gasteiger partial charge is 0.262 e. The van der Waals surface area contributed by atoms with Crippen molar-refractivity contribution in [3.05, 3.63) is 35.7 Å². The minimum Gasteiger partial charge on any atom is -0.716 e. The van der Waals surface area contributed by atoms with Gasteiger partial charge in [-0.15, -0.1) is 0 Å². The number of aromatic nitrogens is 1. The van der Waals surface area contributed by atoms with Crippen LogP contribution < -0.4 is 23.1 Å². The molecule has 9 nitrogen and oxygen atoms in total. The van der Waals surface area contributed by atoms with Crippen molar-refractivity contribution in [1.82, 2.24) is 4.37 Å². The molecule has 3 aromatic rings. The lowest BCUT2D eigenvalue weighted by molar-refractivity contribution is 0.171. The Morgan fingerprint density at radius 3 is 2.52 bits per heavy atom. The Morgan fingerprint density at radius 2 is 1.79 bits per heavy atom. The van der Waals surface area contributed by atoms with E-state index in [1.54, 1.807) is 23.6 Å². The van der Waals surface area contributed by atoms with Gasteiger partial charge in [-0.25, -0.2) is 8.42 Å². The van der Waals surface area contributed by atoms with E-state index in [1.165, 1.54) is 37.9 Å². The van der Waals surface area contributed by atoms with Gasteiger partial charge < -0.3 is 27.7 Å². The number of rotatable bonds is 6. The fourth-order valence-corrected chi connectivity index (χ4v) is 4.00. The molecule has 0 unspecified atom stereocenters. The Labute approximate surface area is 170 Å². The summed E-state index contributed by atoms with van der Waals surface area (Å²) in [5.41, 5.74) is 2.63. The first kappa shape index (κ1) is 19.3. The summed E-state index contributed by atoms with van der Waals surface area (Å²) in [6.07, 6.45) is 0. The number of nitrogens with zero attached hydrogens (tertiary/aromatic N) is 1. The van der Waals surface area contributed by atoms with Gasteiger partial charge in [0.05, 0.1) is 19.9 Å². The summed E-state index contributed by atoms with van der Waals surface area (Å²) in [6.45, 7) is 0.0991. The Kier molecular flexibility index (Phi) is 4.94. The molecule has 0 saturated carbocycles. The lowest BCUT2D eigenvalue weighted by atomic mass is 10.0. The predicted molar refractivity (Wildman–Crippen MR) is 103 cm³/mol. The van der Waals surface area contributed by atoms with Gasteiger partial charge in [0.2, 0.25) is 12.5 Å². The zero-order chi connectivity index (χ0) is 20.6. The highest BCUT2D eigenvalue weighted by Gasteiger charge is 2.23. The van der Waals surface area contributed by atoms with Crippen molar-refractivity contribution in [3.63, 3.8) is 0 Å². The van der Waals surface area contributed by atoms with Crippen LogP contribution in [0, 0.1) is 0 Å². The highest BCUT2D eigenvalue weighted by Crippen LogP contribution is 2.46. The first-order valence-corrected chi connectivity index (χ1v) is 10.3. The van der Waals surface area contributed by atoms with Crippen LogP contribution in [-0.4, -0.2) is 38.4 Å². The zero-order valence-electron chi connectivity index (χ0n) is 15.2. The molecule has 0 bridgehead atoms. The minimum atomic E-state index is -4.96. The van der Waals surface area contributed by atoms with Crippen LogP contribution in [0.2, 0.25) is 0 Å². The van der Waals surface area contributed by atoms with E-state index in [2.05, 4.69) is 8.56 Å². The molecule has 0 fully saturated rings. The van der Waals surface area contributed by atoms with E-state index < -0.39 is 10.4 Å². The molecule has 1 aliphatic heterocycles. The SMILES string of the molecule is COc1ccc(-c2csnc2-c2cc(OC)c3c(c2)OCO3)cc1OS(=O)(=O)[O-]. The van der Waals surface area contributed by atoms with E-state index in [-0.39, 0.29) is 18.3 Å². The fourth-order valence-electron chi connectivity index (χ4n) is 2.94. The first-order chi connectivity index (χ1) is 13.9. The standard InChI is InChI=1S/C18H15NO8S2/c1-23-13-4-3-10(5-14(13)27-29(20,21)22)12-8-28-19-17(12)11-6-15(24-2)18-16(7-11)25-9-26-18/h3-8H,9H2,1-2H3,(H,20,21,22)/p-1. The molecule has 11 heteroatoms. The van der Waals surface area contributed by atoms with Crippen LogP contribution in [0.4, 0.5) is 0 Å². The third kappa shape index (κ3) is 3.79. The van der Waals surface area contributed by atoms with Crippen molar-refractivity contribution in [1.29, 1.82) is 0 Å². The van der Waals surface area contributed by atoms with Gasteiger partial charge in [0.25, 0.3) is 10.4 Å². The molecule has 4 rings (SSSR count). The molecule has 152 valence electrons. The lowest BCUT2D eigenvalue weighted by Crippen LogP contribution is -2.08. The summed E-state index contributed by atoms with van der Waals surface area (Å²) in [4.78, 5) is 0. The maximum Gasteiger partial charge on any atom is 0.262 e. The number of fused-ring (bicyclic) bond motifs is 1. The van der Waals surface area contributed by atoms with Gasteiger partial charge in [-0.2, -0.15) is 4.37 Å². The molecule has 2 aromatic carbocycles. The van der Waals surface area contributed by atoms with E-state index in [0.29, 0.717) is 34.1 Å². The number of ether oxygens (including phenoxy) is 4. The number of benzene rings is 2. The summed E-state index contributed by atoms with van der Waals surface area (Å²) in [7, 11) is -2.09. The Bertz CT molecular complexity index is 1170. The van der Waals surface area contributed by atoms with Crippen molar-refractivity contribution < 1.29 is 36.1 Å². The van der Waals surface area contributed by atoms with Crippen molar-refractivity contribution in [2.24, 2.45) is 0 Å². The van der Waals surface area contributed by atoms with E-state index in [0.717, 1.165) is 5.56 Å². The monoisotopic (exact) mass is 436 g/mol. The van der Waals surface area contributed by atoms with Crippen molar-refractivity contribution in [2.45, 2.75) is 0 Å². The molecule has 0 amide bonds. The second-order valence-electron chi connectivity index (χ2n) is 5.85. The summed E-state index contributed by atoms with van der Waals surface area (Å²) in [6, 6.07) is 8.19. The molecule has 1 aromatic heterocycles. The molecule has 0 N–H and O–H groups in total. The van der Waals surface area contributed by atoms with Gasteiger partial charge in [-0.3, -0.25) is 0 Å². The normalized spacial score (nSPS) is 12.7. The van der Waals surface area contributed by atoms with Crippen LogP contribution >= 0.6 is 11.5 Å². The molecule has 0 saturated heterocycles. The molecular weight excluding hydrogens is 422 g/mol. The first-order valence-electron chi connectivity index (χ1n) is 8.15. The number of methoxy groups -OCH3 is 2. The molecule has 29 heavy (non-hydrogen) atoms.